The van der Waals surface area contributed by atoms with Crippen LogP contribution in [0.2, 0.25) is 0 Å². The first-order valence-electron chi connectivity index (χ1n) is 7.14. The molecule has 9 heteroatoms. The summed E-state index contributed by atoms with van der Waals surface area (Å²) in [5.74, 6) is -0.314. The molecule has 0 aliphatic carbocycles. The van der Waals surface area contributed by atoms with E-state index in [2.05, 4.69) is 16.4 Å². The molecule has 25 heavy (non-hydrogen) atoms. The summed E-state index contributed by atoms with van der Waals surface area (Å²) in [6.45, 7) is 3.63. The lowest BCUT2D eigenvalue weighted by Crippen LogP contribution is -2.16. The maximum atomic E-state index is 12.1. The fraction of sp³-hybridized carbons (Fsp3) is 0.188. The average molecular weight is 376 g/mol. The molecule has 1 aromatic carbocycles. The van der Waals surface area contributed by atoms with E-state index in [1.54, 1.807) is 12.1 Å². The summed E-state index contributed by atoms with van der Waals surface area (Å²) in [5.41, 5.74) is 2.34. The zero-order valence-electron chi connectivity index (χ0n) is 13.6. The van der Waals surface area contributed by atoms with Gasteiger partial charge in [-0.3, -0.25) is 4.79 Å². The third-order valence-electron chi connectivity index (χ3n) is 3.21. The maximum absolute atomic E-state index is 12.1. The van der Waals surface area contributed by atoms with Crippen molar-refractivity contribution in [2.45, 2.75) is 23.8 Å². The lowest BCUT2D eigenvalue weighted by atomic mass is 10.1. The Morgan fingerprint density at radius 1 is 1.36 bits per heavy atom. The Bertz CT molecular complexity index is 966. The van der Waals surface area contributed by atoms with Crippen molar-refractivity contribution in [2.75, 3.05) is 11.1 Å². The number of nitriles is 1. The number of hydrogen-bond donors (Lipinski definition) is 2. The van der Waals surface area contributed by atoms with Gasteiger partial charge in [-0.1, -0.05) is 17.8 Å². The molecule has 2 aromatic rings. The van der Waals surface area contributed by atoms with Crippen molar-refractivity contribution >= 4 is 33.4 Å². The second-order valence-electron chi connectivity index (χ2n) is 5.28. The van der Waals surface area contributed by atoms with Gasteiger partial charge in [-0.15, -0.1) is 0 Å². The second-order valence-corrected chi connectivity index (χ2v) is 7.81. The normalized spacial score (nSPS) is 11.0. The van der Waals surface area contributed by atoms with E-state index in [4.69, 9.17) is 5.14 Å². The number of amides is 1. The Labute approximate surface area is 150 Å². The molecular weight excluding hydrogens is 360 g/mol. The molecule has 3 N–H and O–H groups in total. The molecule has 0 spiro atoms. The van der Waals surface area contributed by atoms with E-state index >= 15 is 0 Å². The minimum Gasteiger partial charge on any atom is -0.325 e. The molecular formula is C16H16N4O3S2. The van der Waals surface area contributed by atoms with Crippen LogP contribution in [0.15, 0.2) is 40.3 Å². The number of carbonyl (C=O) groups excluding carboxylic acids is 1. The lowest BCUT2D eigenvalue weighted by molar-refractivity contribution is -0.113. The number of sulfonamides is 1. The molecule has 0 unspecified atom stereocenters. The van der Waals surface area contributed by atoms with Gasteiger partial charge < -0.3 is 5.32 Å². The highest BCUT2D eigenvalue weighted by Gasteiger charge is 2.13. The van der Waals surface area contributed by atoms with Crippen molar-refractivity contribution in [3.05, 3.63) is 47.2 Å². The predicted octanol–water partition coefficient (Wildman–Crippen LogP) is 1.95. The minimum atomic E-state index is -3.84. The Hall–Kier alpha value is -2.41. The molecule has 1 amide bonds. The van der Waals surface area contributed by atoms with Crippen LogP contribution in [0.4, 0.5) is 5.69 Å². The Morgan fingerprint density at radius 3 is 2.72 bits per heavy atom. The van der Waals surface area contributed by atoms with E-state index in [1.165, 1.54) is 18.2 Å². The maximum Gasteiger partial charge on any atom is 0.238 e. The summed E-state index contributed by atoms with van der Waals surface area (Å²) < 4.78 is 22.7. The third kappa shape index (κ3) is 5.03. The highest BCUT2D eigenvalue weighted by atomic mass is 32.2. The smallest absolute Gasteiger partial charge is 0.238 e. The number of pyridine rings is 1. The number of rotatable bonds is 5. The number of primary sulfonamides is 1. The molecule has 0 radical (unpaired) electrons. The number of aromatic nitrogens is 1. The zero-order valence-corrected chi connectivity index (χ0v) is 15.2. The van der Waals surface area contributed by atoms with Gasteiger partial charge in [0.25, 0.3) is 0 Å². The van der Waals surface area contributed by atoms with Crippen LogP contribution < -0.4 is 10.5 Å². The number of nitrogens with two attached hydrogens (primary N) is 1. The first-order chi connectivity index (χ1) is 11.7. The van der Waals surface area contributed by atoms with Gasteiger partial charge in [-0.2, -0.15) is 5.26 Å². The molecule has 0 aliphatic heterocycles. The average Bonchev–Trinajstić information content (AvgIpc) is 2.52. The molecule has 0 saturated heterocycles. The first-order valence-corrected chi connectivity index (χ1v) is 9.68. The van der Waals surface area contributed by atoms with Crippen LogP contribution in [0.5, 0.6) is 0 Å². The second kappa shape index (κ2) is 7.65. The monoisotopic (exact) mass is 376 g/mol. The fourth-order valence-corrected chi connectivity index (χ4v) is 3.58. The van der Waals surface area contributed by atoms with Crippen LogP contribution in [0.1, 0.15) is 16.8 Å². The van der Waals surface area contributed by atoms with Crippen LogP contribution in [-0.2, 0) is 14.8 Å². The van der Waals surface area contributed by atoms with Gasteiger partial charge in [-0.25, -0.2) is 18.5 Å². The molecule has 0 bridgehead atoms. The summed E-state index contributed by atoms with van der Waals surface area (Å²) in [5, 5.41) is 17.4. The predicted molar refractivity (Wildman–Crippen MR) is 95.6 cm³/mol. The standard InChI is InChI=1S/C16H16N4O3S2/c1-10-6-11(2)19-16(14(10)8-17)24-9-15(21)20-12-4-3-5-13(7-12)25(18,22)23/h3-7H,9H2,1-2H3,(H,20,21)(H2,18,22,23). The van der Waals surface area contributed by atoms with E-state index in [0.717, 1.165) is 23.0 Å². The number of benzene rings is 1. The lowest BCUT2D eigenvalue weighted by Gasteiger charge is -2.08. The molecule has 0 saturated carbocycles. The molecule has 1 aromatic heterocycles. The van der Waals surface area contributed by atoms with Crippen LogP contribution in [-0.4, -0.2) is 25.1 Å². The summed E-state index contributed by atoms with van der Waals surface area (Å²) in [6.07, 6.45) is 0. The number of thioether (sulfide) groups is 1. The molecule has 7 nitrogen and oxygen atoms in total. The van der Waals surface area contributed by atoms with E-state index < -0.39 is 10.0 Å². The van der Waals surface area contributed by atoms with Crippen LogP contribution in [0.25, 0.3) is 0 Å². The van der Waals surface area contributed by atoms with Crippen molar-refractivity contribution in [3.8, 4) is 6.07 Å². The van der Waals surface area contributed by atoms with Crippen molar-refractivity contribution < 1.29 is 13.2 Å². The molecule has 130 valence electrons. The van der Waals surface area contributed by atoms with Crippen LogP contribution in [0, 0.1) is 25.2 Å². The summed E-state index contributed by atoms with van der Waals surface area (Å²) in [4.78, 5) is 16.3. The van der Waals surface area contributed by atoms with E-state index in [0.29, 0.717) is 16.3 Å². The van der Waals surface area contributed by atoms with Gasteiger partial charge in [0.05, 0.1) is 16.2 Å². The Balaban J connectivity index is 2.09. The fourth-order valence-electron chi connectivity index (χ4n) is 2.12. The number of nitrogens with zero attached hydrogens (tertiary/aromatic N) is 2. The minimum absolute atomic E-state index is 0.0319. The highest BCUT2D eigenvalue weighted by molar-refractivity contribution is 8.00. The molecule has 2 rings (SSSR count). The zero-order chi connectivity index (χ0) is 18.6. The van der Waals surface area contributed by atoms with Gasteiger partial charge in [0.15, 0.2) is 0 Å². The topological polar surface area (TPSA) is 126 Å². The quantitative estimate of drug-likeness (QED) is 0.768. The first kappa shape index (κ1) is 18.9. The van der Waals surface area contributed by atoms with Crippen LogP contribution >= 0.6 is 11.8 Å². The highest BCUT2D eigenvalue weighted by Crippen LogP contribution is 2.24. The molecule has 1 heterocycles. The number of aryl methyl sites for hydroxylation is 2. The van der Waals surface area contributed by atoms with Crippen molar-refractivity contribution in [1.82, 2.24) is 4.98 Å². The van der Waals surface area contributed by atoms with Gasteiger partial charge in [0.1, 0.15) is 11.1 Å². The molecule has 0 fully saturated rings. The van der Waals surface area contributed by atoms with Gasteiger partial charge >= 0.3 is 0 Å². The SMILES string of the molecule is Cc1cc(C)c(C#N)c(SCC(=O)Nc2cccc(S(N)(=O)=O)c2)n1. The number of nitrogens with one attached hydrogen (secondary N) is 1. The largest absolute Gasteiger partial charge is 0.325 e. The Morgan fingerprint density at radius 2 is 2.08 bits per heavy atom. The summed E-state index contributed by atoms with van der Waals surface area (Å²) in [7, 11) is -3.84. The van der Waals surface area contributed by atoms with E-state index in [1.807, 2.05) is 13.8 Å². The number of anilines is 1. The number of carbonyl (C=O) groups is 1. The van der Waals surface area contributed by atoms with Crippen molar-refractivity contribution in [3.63, 3.8) is 0 Å². The number of hydrogen-bond acceptors (Lipinski definition) is 6. The van der Waals surface area contributed by atoms with Crippen LogP contribution in [0.3, 0.4) is 0 Å². The Kier molecular flexibility index (Phi) is 5.79. The van der Waals surface area contributed by atoms with Gasteiger partial charge in [0.2, 0.25) is 15.9 Å². The van der Waals surface area contributed by atoms with Gasteiger partial charge in [-0.05, 0) is 43.7 Å². The summed E-state index contributed by atoms with van der Waals surface area (Å²) >= 11 is 1.15. The third-order valence-corrected chi connectivity index (χ3v) is 5.10. The summed E-state index contributed by atoms with van der Waals surface area (Å²) in [6, 6.07) is 9.58. The van der Waals surface area contributed by atoms with E-state index in [9.17, 15) is 18.5 Å². The molecule has 0 aliphatic rings. The van der Waals surface area contributed by atoms with Crippen molar-refractivity contribution in [2.24, 2.45) is 5.14 Å². The van der Waals surface area contributed by atoms with Crippen molar-refractivity contribution in [1.29, 1.82) is 5.26 Å². The van der Waals surface area contributed by atoms with Gasteiger partial charge in [0, 0.05) is 11.4 Å². The van der Waals surface area contributed by atoms with E-state index in [-0.39, 0.29) is 16.6 Å². The molecule has 0 atom stereocenters.